The van der Waals surface area contributed by atoms with Crippen molar-refractivity contribution in [3.63, 3.8) is 0 Å². The van der Waals surface area contributed by atoms with E-state index >= 15 is 0 Å². The smallest absolute Gasteiger partial charge is 0.0725 e. The first-order valence-corrected chi connectivity index (χ1v) is 17.9. The molecule has 0 saturated heterocycles. The molecule has 0 saturated carbocycles. The molecule has 0 unspecified atom stereocenters. The van der Waals surface area contributed by atoms with Gasteiger partial charge in [0.15, 0.2) is 0 Å². The molecule has 0 aliphatic heterocycles. The molecule has 0 N–H and O–H groups in total. The van der Waals surface area contributed by atoms with Crippen molar-refractivity contribution in [2.45, 2.75) is 0 Å². The molecule has 0 spiro atoms. The first-order valence-electron chi connectivity index (χ1n) is 17.1. The number of fused-ring (bicyclic) bond motifs is 9. The summed E-state index contributed by atoms with van der Waals surface area (Å²) >= 11 is 1.86. The zero-order valence-corrected chi connectivity index (χ0v) is 28.2. The van der Waals surface area contributed by atoms with Crippen molar-refractivity contribution in [2.24, 2.45) is 0 Å². The maximum atomic E-state index is 4.47. The zero-order valence-electron chi connectivity index (χ0n) is 27.4. The van der Waals surface area contributed by atoms with Gasteiger partial charge < -0.3 is 9.13 Å². The highest BCUT2D eigenvalue weighted by Gasteiger charge is 2.17. The minimum absolute atomic E-state index is 1.07. The van der Waals surface area contributed by atoms with Gasteiger partial charge in [0.05, 0.1) is 34.5 Å². The molecule has 11 rings (SSSR count). The summed E-state index contributed by atoms with van der Waals surface area (Å²) in [5.74, 6) is 0. The third-order valence-electron chi connectivity index (χ3n) is 10.3. The van der Waals surface area contributed by atoms with Gasteiger partial charge in [-0.05, 0) is 95.1 Å². The summed E-state index contributed by atoms with van der Waals surface area (Å²) in [6.07, 6.45) is 7.61. The average molecular weight is 669 g/mol. The van der Waals surface area contributed by atoms with E-state index in [1.54, 1.807) is 0 Å². The summed E-state index contributed by atoms with van der Waals surface area (Å²) in [7, 11) is 0. The number of para-hydroxylation sites is 1. The summed E-state index contributed by atoms with van der Waals surface area (Å²) in [6, 6.07) is 53.1. The van der Waals surface area contributed by atoms with Crippen molar-refractivity contribution >= 4 is 75.1 Å². The Balaban J connectivity index is 1.07. The van der Waals surface area contributed by atoms with Crippen LogP contribution in [0.4, 0.5) is 0 Å². The Kier molecular flexibility index (Phi) is 6.09. The molecule has 0 bridgehead atoms. The quantitative estimate of drug-likeness (QED) is 0.187. The fourth-order valence-corrected chi connectivity index (χ4v) is 9.03. The third-order valence-corrected chi connectivity index (χ3v) is 11.5. The molecule has 11 aromatic rings. The van der Waals surface area contributed by atoms with E-state index in [1.807, 2.05) is 36.1 Å². The van der Waals surface area contributed by atoms with Crippen molar-refractivity contribution in [2.75, 3.05) is 0 Å². The fraction of sp³-hybridized carbons (Fsp3) is 0. The number of aromatic nitrogens is 4. The molecule has 5 aromatic heterocycles. The van der Waals surface area contributed by atoms with E-state index in [1.165, 1.54) is 75.1 Å². The topological polar surface area (TPSA) is 35.6 Å². The number of pyridine rings is 2. The van der Waals surface area contributed by atoms with E-state index < -0.39 is 0 Å². The lowest BCUT2D eigenvalue weighted by Gasteiger charge is -2.11. The van der Waals surface area contributed by atoms with Gasteiger partial charge in [-0.25, -0.2) is 0 Å². The molecule has 0 aliphatic carbocycles. The molecule has 5 heteroatoms. The van der Waals surface area contributed by atoms with Crippen LogP contribution in [-0.2, 0) is 0 Å². The van der Waals surface area contributed by atoms with E-state index in [4.69, 9.17) is 0 Å². The van der Waals surface area contributed by atoms with Crippen molar-refractivity contribution in [3.05, 3.63) is 170 Å². The maximum absolute atomic E-state index is 4.47. The molecule has 0 fully saturated rings. The predicted octanol–water partition coefficient (Wildman–Crippen LogP) is 12.4. The van der Waals surface area contributed by atoms with Crippen LogP contribution in [0.3, 0.4) is 0 Å². The van der Waals surface area contributed by atoms with Gasteiger partial charge >= 0.3 is 0 Å². The second-order valence-corrected chi connectivity index (χ2v) is 14.2. The van der Waals surface area contributed by atoms with Crippen molar-refractivity contribution in [3.8, 4) is 33.6 Å². The highest BCUT2D eigenvalue weighted by molar-refractivity contribution is 7.25. The Morgan fingerprint density at radius 2 is 0.922 bits per heavy atom. The van der Waals surface area contributed by atoms with E-state index in [2.05, 4.69) is 165 Å². The normalized spacial score (nSPS) is 11.9. The first kappa shape index (κ1) is 28.3. The van der Waals surface area contributed by atoms with E-state index in [0.29, 0.717) is 0 Å². The second-order valence-electron chi connectivity index (χ2n) is 13.1. The average Bonchev–Trinajstić information content (AvgIpc) is 3.85. The molecule has 0 amide bonds. The van der Waals surface area contributed by atoms with Crippen LogP contribution in [-0.4, -0.2) is 19.1 Å². The van der Waals surface area contributed by atoms with Gasteiger partial charge in [-0.15, -0.1) is 11.3 Å². The lowest BCUT2D eigenvalue weighted by molar-refractivity contribution is 1.15. The van der Waals surface area contributed by atoms with Crippen molar-refractivity contribution in [1.29, 1.82) is 0 Å². The Morgan fingerprint density at radius 1 is 0.353 bits per heavy atom. The molecule has 0 aliphatic rings. The number of thiophene rings is 1. The largest absolute Gasteiger partial charge is 0.309 e. The monoisotopic (exact) mass is 668 g/mol. The summed E-state index contributed by atoms with van der Waals surface area (Å²) in [5.41, 5.74) is 11.6. The Morgan fingerprint density at radius 3 is 1.75 bits per heavy atom. The predicted molar refractivity (Wildman–Crippen MR) is 214 cm³/mol. The van der Waals surface area contributed by atoms with Crippen LogP contribution in [0.2, 0.25) is 0 Å². The van der Waals surface area contributed by atoms with Crippen molar-refractivity contribution in [1.82, 2.24) is 19.1 Å². The van der Waals surface area contributed by atoms with Gasteiger partial charge in [0.1, 0.15) is 0 Å². The van der Waals surface area contributed by atoms with E-state index in [-0.39, 0.29) is 0 Å². The first-order chi connectivity index (χ1) is 25.3. The minimum atomic E-state index is 1.07. The maximum Gasteiger partial charge on any atom is 0.0725 e. The highest BCUT2D eigenvalue weighted by atomic mass is 32.1. The standard InChI is InChI=1S/C46H28N4S/c1-2-7-29(8-3-1)31-14-17-45-39(25-31)40-26-34(15-18-46(40)51-45)49-41-12-5-4-11-35(41)38-24-32(13-16-42(38)49)30-9-6-10-33(23-30)50-43-27-47-21-19-36(43)37-20-22-48-28-44(37)50/h1-28H. The van der Waals surface area contributed by atoms with Crippen molar-refractivity contribution < 1.29 is 0 Å². The summed E-state index contributed by atoms with van der Waals surface area (Å²) < 4.78 is 7.31. The van der Waals surface area contributed by atoms with Crippen LogP contribution in [0.1, 0.15) is 0 Å². The van der Waals surface area contributed by atoms with Crippen LogP contribution in [0.25, 0.3) is 97.4 Å². The fourth-order valence-electron chi connectivity index (χ4n) is 7.96. The van der Waals surface area contributed by atoms with Crippen LogP contribution < -0.4 is 0 Å². The van der Waals surface area contributed by atoms with Gasteiger partial charge in [-0.2, -0.15) is 0 Å². The molecule has 0 atom stereocenters. The number of nitrogens with zero attached hydrogens (tertiary/aromatic N) is 4. The number of hydrogen-bond acceptors (Lipinski definition) is 3. The third kappa shape index (κ3) is 4.32. The molecule has 5 heterocycles. The van der Waals surface area contributed by atoms with Gasteiger partial charge in [0.25, 0.3) is 0 Å². The Hall–Kier alpha value is -6.56. The van der Waals surface area contributed by atoms with E-state index in [9.17, 15) is 0 Å². The van der Waals surface area contributed by atoms with Gasteiger partial charge in [-0.3, -0.25) is 9.97 Å². The minimum Gasteiger partial charge on any atom is -0.309 e. The molecule has 6 aromatic carbocycles. The molecule has 0 radical (unpaired) electrons. The van der Waals surface area contributed by atoms with Crippen LogP contribution in [0, 0.1) is 0 Å². The van der Waals surface area contributed by atoms with E-state index in [0.717, 1.165) is 22.3 Å². The van der Waals surface area contributed by atoms with Gasteiger partial charge in [0, 0.05) is 65.5 Å². The number of hydrogen-bond donors (Lipinski definition) is 0. The number of benzene rings is 6. The zero-order chi connectivity index (χ0) is 33.5. The molecule has 4 nitrogen and oxygen atoms in total. The molecule has 238 valence electrons. The Bertz CT molecular complexity index is 3090. The second kappa shape index (κ2) is 11.0. The SMILES string of the molecule is c1ccc(-c2ccc3sc4ccc(-n5c6ccccc6c6cc(-c7cccc(-n8c9cnccc9c9ccncc98)c7)ccc65)cc4c3c2)cc1. The lowest BCUT2D eigenvalue weighted by Crippen LogP contribution is -1.95. The Labute approximate surface area is 297 Å². The summed E-state index contributed by atoms with van der Waals surface area (Å²) in [4.78, 5) is 8.93. The summed E-state index contributed by atoms with van der Waals surface area (Å²) in [6.45, 7) is 0. The highest BCUT2D eigenvalue weighted by Crippen LogP contribution is 2.40. The van der Waals surface area contributed by atoms with Gasteiger partial charge in [-0.1, -0.05) is 72.8 Å². The van der Waals surface area contributed by atoms with Crippen LogP contribution in [0.5, 0.6) is 0 Å². The van der Waals surface area contributed by atoms with Gasteiger partial charge in [0.2, 0.25) is 0 Å². The van der Waals surface area contributed by atoms with Crippen LogP contribution >= 0.6 is 11.3 Å². The molecular weight excluding hydrogens is 641 g/mol. The summed E-state index contributed by atoms with van der Waals surface area (Å²) in [5, 5.41) is 7.42. The molecular formula is C46H28N4S. The number of rotatable bonds is 4. The molecule has 51 heavy (non-hydrogen) atoms. The van der Waals surface area contributed by atoms with Crippen LogP contribution in [0.15, 0.2) is 170 Å². The lowest BCUT2D eigenvalue weighted by atomic mass is 10.0.